The zero-order valence-electron chi connectivity index (χ0n) is 22.6. The van der Waals surface area contributed by atoms with Gasteiger partial charge in [0.15, 0.2) is 5.65 Å². The van der Waals surface area contributed by atoms with Crippen LogP contribution in [0, 0.1) is 6.92 Å². The first kappa shape index (κ1) is 25.5. The van der Waals surface area contributed by atoms with Crippen molar-refractivity contribution in [2.45, 2.75) is 20.4 Å². The van der Waals surface area contributed by atoms with E-state index in [1.165, 1.54) is 16.2 Å². The zero-order valence-corrected chi connectivity index (χ0v) is 22.6. The maximum absolute atomic E-state index is 13.2. The van der Waals surface area contributed by atoms with E-state index in [1.54, 1.807) is 41.8 Å². The number of nitrogens with one attached hydrogen (secondary N) is 1. The summed E-state index contributed by atoms with van der Waals surface area (Å²) >= 11 is 0. The van der Waals surface area contributed by atoms with Gasteiger partial charge in [0.2, 0.25) is 5.95 Å². The normalized spacial score (nSPS) is 14.2. The number of hydrogen-bond donors (Lipinski definition) is 1. The molecule has 1 aliphatic heterocycles. The Bertz CT molecular complexity index is 1550. The number of piperazine rings is 1. The van der Waals surface area contributed by atoms with Crippen LogP contribution in [-0.2, 0) is 6.54 Å². The van der Waals surface area contributed by atoms with Crippen molar-refractivity contribution in [2.75, 3.05) is 57.5 Å². The van der Waals surface area contributed by atoms with Gasteiger partial charge in [-0.1, -0.05) is 6.07 Å². The van der Waals surface area contributed by atoms with E-state index in [0.717, 1.165) is 31.9 Å². The minimum Gasteiger partial charge on any atom is -0.369 e. The van der Waals surface area contributed by atoms with E-state index >= 15 is 0 Å². The molecular weight excluding hydrogens is 480 g/mol. The van der Waals surface area contributed by atoms with Gasteiger partial charge in [0.05, 0.1) is 5.69 Å². The number of fused-ring (bicyclic) bond motifs is 1. The molecule has 10 nitrogen and oxygen atoms in total. The van der Waals surface area contributed by atoms with Crippen molar-refractivity contribution >= 4 is 34.3 Å². The highest BCUT2D eigenvalue weighted by molar-refractivity contribution is 5.94. The third kappa shape index (κ3) is 4.74. The molecule has 0 bridgehead atoms. The monoisotopic (exact) mass is 514 g/mol. The minimum absolute atomic E-state index is 0.110. The first-order valence-electron chi connectivity index (χ1n) is 12.9. The average Bonchev–Trinajstić information content (AvgIpc) is 3.19. The maximum Gasteiger partial charge on any atom is 0.278 e. The van der Waals surface area contributed by atoms with Gasteiger partial charge in [0.1, 0.15) is 5.39 Å². The molecule has 0 spiro atoms. The fraction of sp³-hybridized carbons (Fsp3) is 0.357. The lowest BCUT2D eigenvalue weighted by Gasteiger charge is -2.35. The quantitative estimate of drug-likeness (QED) is 0.423. The van der Waals surface area contributed by atoms with Crippen molar-refractivity contribution in [3.63, 3.8) is 0 Å². The summed E-state index contributed by atoms with van der Waals surface area (Å²) in [6, 6.07) is 13.5. The van der Waals surface area contributed by atoms with Gasteiger partial charge in [-0.3, -0.25) is 9.59 Å². The molecule has 2 aromatic heterocycles. The second kappa shape index (κ2) is 10.3. The number of rotatable bonds is 6. The first-order valence-corrected chi connectivity index (χ1v) is 12.9. The number of aromatic nitrogens is 4. The molecule has 198 valence electrons. The third-order valence-electron chi connectivity index (χ3n) is 7.02. The smallest absolute Gasteiger partial charge is 0.278 e. The number of benzene rings is 2. The van der Waals surface area contributed by atoms with E-state index < -0.39 is 0 Å². The lowest BCUT2D eigenvalue weighted by molar-refractivity contribution is 0.0827. The van der Waals surface area contributed by atoms with Crippen LogP contribution in [0.15, 0.2) is 53.5 Å². The van der Waals surface area contributed by atoms with Gasteiger partial charge in [-0.2, -0.15) is 4.98 Å². The Balaban J connectivity index is 1.50. The summed E-state index contributed by atoms with van der Waals surface area (Å²) in [6.07, 6.45) is 1.57. The minimum atomic E-state index is -0.175. The molecule has 1 saturated heterocycles. The molecule has 2 aromatic carbocycles. The predicted molar refractivity (Wildman–Crippen MR) is 151 cm³/mol. The van der Waals surface area contributed by atoms with Crippen molar-refractivity contribution in [2.24, 2.45) is 0 Å². The van der Waals surface area contributed by atoms with Crippen molar-refractivity contribution in [3.8, 4) is 5.69 Å². The van der Waals surface area contributed by atoms with E-state index in [1.807, 2.05) is 25.1 Å². The molecule has 3 heterocycles. The number of carbonyl (C=O) groups excluding carboxylic acids is 1. The van der Waals surface area contributed by atoms with Crippen molar-refractivity contribution < 1.29 is 4.79 Å². The maximum atomic E-state index is 13.2. The Kier molecular flexibility index (Phi) is 6.90. The van der Waals surface area contributed by atoms with E-state index in [0.29, 0.717) is 34.8 Å². The van der Waals surface area contributed by atoms with Gasteiger partial charge in [-0.05, 0) is 62.9 Å². The van der Waals surface area contributed by atoms with Crippen LogP contribution in [0.25, 0.3) is 16.7 Å². The molecular formula is C28H34N8O2. The topological polar surface area (TPSA) is 91.5 Å². The van der Waals surface area contributed by atoms with Crippen LogP contribution in [0.4, 0.5) is 17.3 Å². The molecule has 1 aliphatic rings. The zero-order chi connectivity index (χ0) is 27.0. The highest BCUT2D eigenvalue weighted by atomic mass is 16.2. The van der Waals surface area contributed by atoms with Gasteiger partial charge in [-0.25, -0.2) is 14.3 Å². The van der Waals surface area contributed by atoms with Crippen LogP contribution in [-0.4, -0.2) is 82.4 Å². The van der Waals surface area contributed by atoms with E-state index in [-0.39, 0.29) is 11.5 Å². The van der Waals surface area contributed by atoms with Crippen molar-refractivity contribution in [3.05, 3.63) is 70.1 Å². The molecule has 1 amide bonds. The number of nitrogens with zero attached hydrogens (tertiary/aromatic N) is 7. The van der Waals surface area contributed by atoms with Gasteiger partial charge in [-0.15, -0.1) is 0 Å². The standard InChI is InChI=1S/C28H34N8O2/c1-6-35-27(38)23-18-29-28(30-21-10-11-24(19(2)16-21)34-14-12-33(5)13-15-34)31-25(23)36(35)22-9-7-8-20(17-22)26(37)32(3)4/h7-11,16-18H,6,12-15H2,1-5H3,(H,29,30,31). The Hall–Kier alpha value is -4.18. The second-order valence-electron chi connectivity index (χ2n) is 9.93. The second-order valence-corrected chi connectivity index (χ2v) is 9.93. The predicted octanol–water partition coefficient (Wildman–Crippen LogP) is 3.11. The summed E-state index contributed by atoms with van der Waals surface area (Å²) in [7, 11) is 5.58. The molecule has 5 rings (SSSR count). The van der Waals surface area contributed by atoms with Crippen molar-refractivity contribution in [1.82, 2.24) is 29.1 Å². The number of likely N-dealkylation sites (N-methyl/N-ethyl adjacent to an activating group) is 1. The Morgan fingerprint density at radius 1 is 1.08 bits per heavy atom. The van der Waals surface area contributed by atoms with Gasteiger partial charge in [0, 0.05) is 70.0 Å². The molecule has 0 atom stereocenters. The number of carbonyl (C=O) groups is 1. The third-order valence-corrected chi connectivity index (χ3v) is 7.02. The largest absolute Gasteiger partial charge is 0.369 e. The molecule has 0 aliphatic carbocycles. The van der Waals surface area contributed by atoms with E-state index in [9.17, 15) is 9.59 Å². The van der Waals surface area contributed by atoms with Crippen LogP contribution in [0.5, 0.6) is 0 Å². The van der Waals surface area contributed by atoms with Crippen molar-refractivity contribution in [1.29, 1.82) is 0 Å². The fourth-order valence-corrected chi connectivity index (χ4v) is 4.93. The van der Waals surface area contributed by atoms with E-state index in [2.05, 4.69) is 46.2 Å². The molecule has 4 aromatic rings. The Labute approximate surface area is 222 Å². The Morgan fingerprint density at radius 2 is 1.84 bits per heavy atom. The molecule has 1 N–H and O–H groups in total. The SMILES string of the molecule is CCn1c(=O)c2cnc(Nc3ccc(N4CCN(C)CC4)c(C)c3)nc2n1-c1cccc(C(=O)N(C)C)c1. The number of amides is 1. The molecule has 0 radical (unpaired) electrons. The highest BCUT2D eigenvalue weighted by Crippen LogP contribution is 2.26. The number of hydrogen-bond acceptors (Lipinski definition) is 7. The average molecular weight is 515 g/mol. The molecule has 0 saturated carbocycles. The van der Waals surface area contributed by atoms with Crippen LogP contribution >= 0.6 is 0 Å². The molecule has 0 unspecified atom stereocenters. The van der Waals surface area contributed by atoms with Crippen LogP contribution in [0.1, 0.15) is 22.8 Å². The lowest BCUT2D eigenvalue weighted by Crippen LogP contribution is -2.44. The number of aryl methyl sites for hydroxylation is 1. The summed E-state index contributed by atoms with van der Waals surface area (Å²) in [5.74, 6) is 0.285. The number of anilines is 3. The molecule has 10 heteroatoms. The molecule has 38 heavy (non-hydrogen) atoms. The van der Waals surface area contributed by atoms with Gasteiger partial charge < -0.3 is 20.0 Å². The lowest BCUT2D eigenvalue weighted by atomic mass is 10.1. The summed E-state index contributed by atoms with van der Waals surface area (Å²) < 4.78 is 3.37. The summed E-state index contributed by atoms with van der Waals surface area (Å²) in [4.78, 5) is 41.2. The summed E-state index contributed by atoms with van der Waals surface area (Å²) in [6.45, 7) is 8.59. The van der Waals surface area contributed by atoms with E-state index in [4.69, 9.17) is 4.98 Å². The fourth-order valence-electron chi connectivity index (χ4n) is 4.93. The first-order chi connectivity index (χ1) is 18.3. The van der Waals surface area contributed by atoms with Gasteiger partial charge in [0.25, 0.3) is 11.5 Å². The summed E-state index contributed by atoms with van der Waals surface area (Å²) in [5.41, 5.74) is 4.82. The van der Waals surface area contributed by atoms with Crippen LogP contribution in [0.2, 0.25) is 0 Å². The van der Waals surface area contributed by atoms with Gasteiger partial charge >= 0.3 is 0 Å². The van der Waals surface area contributed by atoms with Crippen LogP contribution < -0.4 is 15.8 Å². The Morgan fingerprint density at radius 3 is 2.53 bits per heavy atom. The van der Waals surface area contributed by atoms with Crippen LogP contribution in [0.3, 0.4) is 0 Å². The highest BCUT2D eigenvalue weighted by Gasteiger charge is 2.19. The summed E-state index contributed by atoms with van der Waals surface area (Å²) in [5, 5.41) is 3.73. The molecule has 1 fully saturated rings.